The smallest absolute Gasteiger partial charge is 0.259 e. The summed E-state index contributed by atoms with van der Waals surface area (Å²) in [6.45, 7) is 4.09. The largest absolute Gasteiger partial charge is 0.364 e. The number of nitrogens with one attached hydrogen (secondary N) is 1. The molecule has 0 unspecified atom stereocenters. The van der Waals surface area contributed by atoms with Crippen molar-refractivity contribution in [2.45, 2.75) is 20.4 Å². The lowest BCUT2D eigenvalue weighted by molar-refractivity contribution is 0.0782. The van der Waals surface area contributed by atoms with Crippen molar-refractivity contribution in [3.8, 4) is 0 Å². The minimum absolute atomic E-state index is 0.153. The van der Waals surface area contributed by atoms with E-state index in [4.69, 9.17) is 0 Å². The fourth-order valence-electron chi connectivity index (χ4n) is 1.74. The molecular weight excluding hydrogens is 262 g/mol. The standard InChI is InChI=1S/C13H15N3O2S/c1-8-4-12(17)11(5-14-8)13(18)16(3)6-10-7-19-9(2)15-10/h4-5,7H,6H2,1-3H3,(H,14,17). The van der Waals surface area contributed by atoms with Gasteiger partial charge in [0.05, 0.1) is 17.2 Å². The Morgan fingerprint density at radius 1 is 1.47 bits per heavy atom. The molecule has 2 heterocycles. The molecule has 0 aliphatic carbocycles. The molecular formula is C13H15N3O2S. The van der Waals surface area contributed by atoms with Crippen molar-refractivity contribution >= 4 is 17.2 Å². The van der Waals surface area contributed by atoms with Gasteiger partial charge in [-0.15, -0.1) is 11.3 Å². The van der Waals surface area contributed by atoms with Gasteiger partial charge >= 0.3 is 0 Å². The maximum Gasteiger partial charge on any atom is 0.259 e. The Morgan fingerprint density at radius 3 is 2.79 bits per heavy atom. The van der Waals surface area contributed by atoms with Crippen LogP contribution in [0.4, 0.5) is 0 Å². The zero-order valence-corrected chi connectivity index (χ0v) is 11.9. The van der Waals surface area contributed by atoms with E-state index in [1.165, 1.54) is 17.2 Å². The molecule has 5 nitrogen and oxygen atoms in total. The van der Waals surface area contributed by atoms with Crippen LogP contribution in [-0.2, 0) is 6.54 Å². The van der Waals surface area contributed by atoms with E-state index in [1.54, 1.807) is 25.3 Å². The van der Waals surface area contributed by atoms with E-state index in [1.807, 2.05) is 12.3 Å². The van der Waals surface area contributed by atoms with E-state index in [9.17, 15) is 9.59 Å². The van der Waals surface area contributed by atoms with Gasteiger partial charge in [-0.2, -0.15) is 0 Å². The normalized spacial score (nSPS) is 10.5. The lowest BCUT2D eigenvalue weighted by atomic mass is 10.2. The first-order valence-electron chi connectivity index (χ1n) is 5.83. The topological polar surface area (TPSA) is 66.1 Å². The molecule has 0 bridgehead atoms. The van der Waals surface area contributed by atoms with E-state index in [0.717, 1.165) is 16.4 Å². The van der Waals surface area contributed by atoms with Crippen LogP contribution in [0.25, 0.3) is 0 Å². The van der Waals surface area contributed by atoms with Crippen LogP contribution in [-0.4, -0.2) is 27.8 Å². The van der Waals surface area contributed by atoms with Crippen LogP contribution >= 0.6 is 11.3 Å². The quantitative estimate of drug-likeness (QED) is 0.929. The number of thiazole rings is 1. The van der Waals surface area contributed by atoms with Gasteiger partial charge in [-0.1, -0.05) is 0 Å². The average Bonchev–Trinajstić information content (AvgIpc) is 2.74. The Bertz CT molecular complexity index is 660. The molecule has 1 N–H and O–H groups in total. The molecule has 0 aliphatic heterocycles. The van der Waals surface area contributed by atoms with Crippen LogP contribution in [0.2, 0.25) is 0 Å². The number of pyridine rings is 1. The number of H-pyrrole nitrogens is 1. The molecule has 2 aromatic heterocycles. The zero-order chi connectivity index (χ0) is 14.0. The highest BCUT2D eigenvalue weighted by atomic mass is 32.1. The van der Waals surface area contributed by atoms with Crippen molar-refractivity contribution in [2.75, 3.05) is 7.05 Å². The molecule has 0 atom stereocenters. The molecule has 2 aromatic rings. The van der Waals surface area contributed by atoms with Gasteiger partial charge in [0.1, 0.15) is 5.56 Å². The van der Waals surface area contributed by atoms with Crippen LogP contribution in [0.3, 0.4) is 0 Å². The molecule has 0 spiro atoms. The number of hydrogen-bond donors (Lipinski definition) is 1. The summed E-state index contributed by atoms with van der Waals surface area (Å²) in [6.07, 6.45) is 1.46. The fourth-order valence-corrected chi connectivity index (χ4v) is 2.35. The highest BCUT2D eigenvalue weighted by Gasteiger charge is 2.16. The van der Waals surface area contributed by atoms with Crippen LogP contribution in [0, 0.1) is 13.8 Å². The second kappa shape index (κ2) is 5.36. The first-order chi connectivity index (χ1) is 8.97. The van der Waals surface area contributed by atoms with E-state index in [2.05, 4.69) is 9.97 Å². The predicted octanol–water partition coefficient (Wildman–Crippen LogP) is 1.72. The molecule has 0 radical (unpaired) electrons. The maximum atomic E-state index is 12.2. The summed E-state index contributed by atoms with van der Waals surface area (Å²) in [4.78, 5) is 32.6. The molecule has 0 saturated carbocycles. The monoisotopic (exact) mass is 277 g/mol. The minimum atomic E-state index is -0.299. The number of aryl methyl sites for hydroxylation is 2. The summed E-state index contributed by atoms with van der Waals surface area (Å²) in [6, 6.07) is 1.42. The van der Waals surface area contributed by atoms with Crippen molar-refractivity contribution < 1.29 is 4.79 Å². The molecule has 1 amide bonds. The Labute approximate surface area is 114 Å². The molecule has 0 aliphatic rings. The number of amides is 1. The summed E-state index contributed by atoms with van der Waals surface area (Å²) < 4.78 is 0. The van der Waals surface area contributed by atoms with Crippen molar-refractivity contribution in [2.24, 2.45) is 0 Å². The van der Waals surface area contributed by atoms with Crippen LogP contribution in [0.15, 0.2) is 22.4 Å². The Morgan fingerprint density at radius 2 is 2.21 bits per heavy atom. The molecule has 100 valence electrons. The Balaban J connectivity index is 2.17. The number of carbonyl (C=O) groups is 1. The van der Waals surface area contributed by atoms with Gasteiger partial charge in [-0.25, -0.2) is 4.98 Å². The van der Waals surface area contributed by atoms with Crippen LogP contribution < -0.4 is 5.43 Å². The van der Waals surface area contributed by atoms with E-state index in [0.29, 0.717) is 6.54 Å². The number of hydrogen-bond acceptors (Lipinski definition) is 4. The summed E-state index contributed by atoms with van der Waals surface area (Å²) in [5.74, 6) is -0.299. The van der Waals surface area contributed by atoms with Gasteiger partial charge in [0.25, 0.3) is 5.91 Å². The lowest BCUT2D eigenvalue weighted by Crippen LogP contribution is -2.30. The van der Waals surface area contributed by atoms with Gasteiger partial charge in [-0.05, 0) is 13.8 Å². The highest BCUT2D eigenvalue weighted by Crippen LogP contribution is 2.10. The third kappa shape index (κ3) is 3.08. The van der Waals surface area contributed by atoms with Crippen molar-refractivity contribution in [1.82, 2.24) is 14.9 Å². The van der Waals surface area contributed by atoms with Crippen molar-refractivity contribution in [3.05, 3.63) is 49.8 Å². The second-order valence-corrected chi connectivity index (χ2v) is 5.48. The third-order valence-corrected chi connectivity index (χ3v) is 3.52. The Kier molecular flexibility index (Phi) is 3.80. The number of aromatic nitrogens is 2. The molecule has 6 heteroatoms. The lowest BCUT2D eigenvalue weighted by Gasteiger charge is -2.15. The average molecular weight is 277 g/mol. The van der Waals surface area contributed by atoms with Gasteiger partial charge in [0.15, 0.2) is 5.43 Å². The van der Waals surface area contributed by atoms with Gasteiger partial charge < -0.3 is 9.88 Å². The van der Waals surface area contributed by atoms with E-state index >= 15 is 0 Å². The number of aromatic amines is 1. The third-order valence-electron chi connectivity index (χ3n) is 2.70. The van der Waals surface area contributed by atoms with Crippen molar-refractivity contribution in [1.29, 1.82) is 0 Å². The summed E-state index contributed by atoms with van der Waals surface area (Å²) in [7, 11) is 1.66. The summed E-state index contributed by atoms with van der Waals surface area (Å²) in [5.41, 5.74) is 1.46. The van der Waals surface area contributed by atoms with E-state index in [-0.39, 0.29) is 16.9 Å². The van der Waals surface area contributed by atoms with E-state index < -0.39 is 0 Å². The highest BCUT2D eigenvalue weighted by molar-refractivity contribution is 7.09. The van der Waals surface area contributed by atoms with Crippen LogP contribution in [0.5, 0.6) is 0 Å². The summed E-state index contributed by atoms with van der Waals surface area (Å²) >= 11 is 1.54. The first-order valence-corrected chi connectivity index (χ1v) is 6.71. The zero-order valence-electron chi connectivity index (χ0n) is 11.1. The SMILES string of the molecule is Cc1cc(=O)c(C(=O)N(C)Cc2csc(C)n2)c[nH]1. The molecule has 0 fully saturated rings. The van der Waals surface area contributed by atoms with Gasteiger partial charge in [0, 0.05) is 30.4 Å². The number of nitrogens with zero attached hydrogens (tertiary/aromatic N) is 2. The molecule has 2 rings (SSSR count). The molecule has 0 saturated heterocycles. The summed E-state index contributed by atoms with van der Waals surface area (Å²) in [5, 5.41) is 2.88. The Hall–Kier alpha value is -1.95. The van der Waals surface area contributed by atoms with Crippen molar-refractivity contribution in [3.63, 3.8) is 0 Å². The molecule has 19 heavy (non-hydrogen) atoms. The fraction of sp³-hybridized carbons (Fsp3) is 0.308. The number of rotatable bonds is 3. The van der Waals surface area contributed by atoms with Crippen LogP contribution in [0.1, 0.15) is 26.8 Å². The second-order valence-electron chi connectivity index (χ2n) is 4.41. The van der Waals surface area contributed by atoms with Gasteiger partial charge in [-0.3, -0.25) is 9.59 Å². The predicted molar refractivity (Wildman–Crippen MR) is 74.4 cm³/mol. The molecule has 0 aromatic carbocycles. The minimum Gasteiger partial charge on any atom is -0.364 e. The van der Waals surface area contributed by atoms with Gasteiger partial charge in [0.2, 0.25) is 0 Å². The number of carbonyl (C=O) groups excluding carboxylic acids is 1. The first kappa shape index (κ1) is 13.5. The maximum absolute atomic E-state index is 12.2.